The standard InChI is InChI=1S/C15H8BrF4N3/c16-10-11(17)13(19)15(14(20)12(10)18)23-22-6-7-5-21-9-4-2-1-3-8(7)9/h1-6,21,23H/b22-6-. The first-order valence-corrected chi connectivity index (χ1v) is 7.16. The Hall–Kier alpha value is -2.35. The molecule has 118 valence electrons. The summed E-state index contributed by atoms with van der Waals surface area (Å²) in [7, 11) is 0. The molecule has 0 unspecified atom stereocenters. The molecule has 0 aliphatic heterocycles. The first-order chi connectivity index (χ1) is 11.0. The van der Waals surface area contributed by atoms with Crippen LogP contribution in [0.15, 0.2) is 40.0 Å². The fourth-order valence-corrected chi connectivity index (χ4v) is 2.42. The van der Waals surface area contributed by atoms with Crippen molar-refractivity contribution in [3.63, 3.8) is 0 Å². The zero-order chi connectivity index (χ0) is 16.6. The van der Waals surface area contributed by atoms with Crippen LogP contribution < -0.4 is 5.43 Å². The zero-order valence-electron chi connectivity index (χ0n) is 11.3. The number of aromatic amines is 1. The second kappa shape index (κ2) is 6.04. The highest BCUT2D eigenvalue weighted by molar-refractivity contribution is 9.10. The molecule has 23 heavy (non-hydrogen) atoms. The molecule has 0 amide bonds. The van der Waals surface area contributed by atoms with Crippen LogP contribution >= 0.6 is 15.9 Å². The van der Waals surface area contributed by atoms with E-state index in [0.717, 1.165) is 10.9 Å². The van der Waals surface area contributed by atoms with Gasteiger partial charge in [0.25, 0.3) is 0 Å². The molecule has 0 bridgehead atoms. The average molecular weight is 386 g/mol. The summed E-state index contributed by atoms with van der Waals surface area (Å²) in [4.78, 5) is 2.99. The van der Waals surface area contributed by atoms with E-state index < -0.39 is 33.4 Å². The van der Waals surface area contributed by atoms with Crippen LogP contribution in [-0.4, -0.2) is 11.2 Å². The van der Waals surface area contributed by atoms with Gasteiger partial charge >= 0.3 is 0 Å². The van der Waals surface area contributed by atoms with Gasteiger partial charge in [0.05, 0.1) is 10.7 Å². The van der Waals surface area contributed by atoms with Gasteiger partial charge in [-0.1, -0.05) is 18.2 Å². The van der Waals surface area contributed by atoms with Gasteiger partial charge in [-0.15, -0.1) is 0 Å². The summed E-state index contributed by atoms with van der Waals surface area (Å²) < 4.78 is 53.3. The smallest absolute Gasteiger partial charge is 0.188 e. The van der Waals surface area contributed by atoms with Crippen LogP contribution in [0.4, 0.5) is 23.2 Å². The minimum atomic E-state index is -1.56. The lowest BCUT2D eigenvalue weighted by Gasteiger charge is -2.07. The highest BCUT2D eigenvalue weighted by Gasteiger charge is 2.23. The number of nitrogens with one attached hydrogen (secondary N) is 2. The fourth-order valence-electron chi connectivity index (χ4n) is 2.07. The minimum absolute atomic E-state index is 0.645. The lowest BCUT2D eigenvalue weighted by molar-refractivity contribution is 0.451. The van der Waals surface area contributed by atoms with E-state index in [9.17, 15) is 17.6 Å². The molecule has 0 aliphatic carbocycles. The zero-order valence-corrected chi connectivity index (χ0v) is 12.9. The lowest BCUT2D eigenvalue weighted by atomic mass is 10.2. The number of halogens is 5. The Morgan fingerprint density at radius 3 is 2.35 bits per heavy atom. The molecule has 0 spiro atoms. The molecule has 2 aromatic carbocycles. The first-order valence-electron chi connectivity index (χ1n) is 6.37. The third kappa shape index (κ3) is 2.70. The van der Waals surface area contributed by atoms with Gasteiger partial charge in [-0.05, 0) is 22.0 Å². The summed E-state index contributed by atoms with van der Waals surface area (Å²) in [6.07, 6.45) is 2.93. The Morgan fingerprint density at radius 2 is 1.65 bits per heavy atom. The van der Waals surface area contributed by atoms with Crippen molar-refractivity contribution in [3.8, 4) is 0 Å². The van der Waals surface area contributed by atoms with E-state index in [2.05, 4.69) is 26.0 Å². The monoisotopic (exact) mass is 385 g/mol. The number of nitrogens with zero attached hydrogens (tertiary/aromatic N) is 1. The van der Waals surface area contributed by atoms with Crippen LogP contribution in [0.1, 0.15) is 5.56 Å². The van der Waals surface area contributed by atoms with Gasteiger partial charge in [0, 0.05) is 22.7 Å². The molecule has 0 aliphatic rings. The van der Waals surface area contributed by atoms with Crippen molar-refractivity contribution in [2.75, 3.05) is 5.43 Å². The van der Waals surface area contributed by atoms with Crippen molar-refractivity contribution in [2.45, 2.75) is 0 Å². The van der Waals surface area contributed by atoms with E-state index in [-0.39, 0.29) is 0 Å². The van der Waals surface area contributed by atoms with Crippen LogP contribution in [0.2, 0.25) is 0 Å². The van der Waals surface area contributed by atoms with Gasteiger partial charge in [-0.25, -0.2) is 17.6 Å². The number of hydrogen-bond acceptors (Lipinski definition) is 2. The van der Waals surface area contributed by atoms with Crippen molar-refractivity contribution in [1.29, 1.82) is 0 Å². The van der Waals surface area contributed by atoms with Crippen LogP contribution in [0, 0.1) is 23.3 Å². The number of rotatable bonds is 3. The van der Waals surface area contributed by atoms with Gasteiger partial charge in [-0.2, -0.15) is 5.10 Å². The summed E-state index contributed by atoms with van der Waals surface area (Å²) in [6.45, 7) is 0. The van der Waals surface area contributed by atoms with Gasteiger partial charge < -0.3 is 4.98 Å². The lowest BCUT2D eigenvalue weighted by Crippen LogP contribution is -2.04. The van der Waals surface area contributed by atoms with E-state index in [1.807, 2.05) is 29.7 Å². The van der Waals surface area contributed by atoms with E-state index in [0.29, 0.717) is 5.56 Å². The second-order valence-corrected chi connectivity index (χ2v) is 5.40. The summed E-state index contributed by atoms with van der Waals surface area (Å²) >= 11 is 2.44. The molecule has 2 N–H and O–H groups in total. The maximum atomic E-state index is 13.7. The average Bonchev–Trinajstić information content (AvgIpc) is 2.97. The predicted octanol–water partition coefficient (Wildman–Crippen LogP) is 4.93. The predicted molar refractivity (Wildman–Crippen MR) is 83.5 cm³/mol. The number of anilines is 1. The number of fused-ring (bicyclic) bond motifs is 1. The molecule has 3 aromatic rings. The summed E-state index contributed by atoms with van der Waals surface area (Å²) in [5, 5.41) is 4.48. The van der Waals surface area contributed by atoms with Crippen LogP contribution in [-0.2, 0) is 0 Å². The number of para-hydroxylation sites is 1. The van der Waals surface area contributed by atoms with Gasteiger partial charge in [-0.3, -0.25) is 5.43 Å². The SMILES string of the molecule is Fc1c(F)c(N/N=C\c2c[nH]c3ccccc23)c(F)c(F)c1Br. The van der Waals surface area contributed by atoms with Crippen molar-refractivity contribution in [2.24, 2.45) is 5.10 Å². The van der Waals surface area contributed by atoms with E-state index >= 15 is 0 Å². The van der Waals surface area contributed by atoms with Crippen molar-refractivity contribution < 1.29 is 17.6 Å². The van der Waals surface area contributed by atoms with Crippen LogP contribution in [0.3, 0.4) is 0 Å². The first kappa shape index (κ1) is 15.5. The van der Waals surface area contributed by atoms with E-state index in [1.165, 1.54) is 6.21 Å². The summed E-state index contributed by atoms with van der Waals surface area (Å²) in [6, 6.07) is 7.34. The molecule has 3 nitrogen and oxygen atoms in total. The molecule has 8 heteroatoms. The van der Waals surface area contributed by atoms with Crippen molar-refractivity contribution in [3.05, 3.63) is 63.8 Å². The maximum Gasteiger partial charge on any atom is 0.188 e. The quantitative estimate of drug-likeness (QED) is 0.216. The van der Waals surface area contributed by atoms with Crippen LogP contribution in [0.5, 0.6) is 0 Å². The second-order valence-electron chi connectivity index (χ2n) is 4.60. The van der Waals surface area contributed by atoms with Gasteiger partial charge in [0.2, 0.25) is 0 Å². The molecule has 0 radical (unpaired) electrons. The third-order valence-electron chi connectivity index (χ3n) is 3.21. The number of aromatic nitrogens is 1. The topological polar surface area (TPSA) is 40.2 Å². The molecular formula is C15H8BrF4N3. The number of benzene rings is 2. The largest absolute Gasteiger partial charge is 0.361 e. The maximum absolute atomic E-state index is 13.7. The van der Waals surface area contributed by atoms with Crippen molar-refractivity contribution in [1.82, 2.24) is 4.98 Å². The van der Waals surface area contributed by atoms with Gasteiger partial charge in [0.1, 0.15) is 5.69 Å². The molecule has 0 atom stereocenters. The highest BCUT2D eigenvalue weighted by Crippen LogP contribution is 2.31. The molecule has 1 heterocycles. The van der Waals surface area contributed by atoms with Gasteiger partial charge in [0.15, 0.2) is 23.3 Å². The Bertz CT molecular complexity index is 891. The summed E-state index contributed by atoms with van der Waals surface area (Å²) in [5.74, 6) is -6.19. The summed E-state index contributed by atoms with van der Waals surface area (Å²) in [5.41, 5.74) is 2.50. The Morgan fingerprint density at radius 1 is 1.00 bits per heavy atom. The Labute approximate surface area is 136 Å². The van der Waals surface area contributed by atoms with E-state index in [1.54, 1.807) is 6.20 Å². The number of hydrogen-bond donors (Lipinski definition) is 2. The molecule has 3 rings (SSSR count). The number of H-pyrrole nitrogens is 1. The van der Waals surface area contributed by atoms with E-state index in [4.69, 9.17) is 0 Å². The molecule has 0 saturated heterocycles. The minimum Gasteiger partial charge on any atom is -0.361 e. The molecule has 1 aromatic heterocycles. The van der Waals surface area contributed by atoms with Crippen LogP contribution in [0.25, 0.3) is 10.9 Å². The Balaban J connectivity index is 1.92. The van der Waals surface area contributed by atoms with Crippen molar-refractivity contribution >= 4 is 38.7 Å². The third-order valence-corrected chi connectivity index (χ3v) is 3.91. The normalized spacial score (nSPS) is 11.5. The molecule has 0 fully saturated rings. The fraction of sp³-hybridized carbons (Fsp3) is 0. The number of hydrazone groups is 1. The molecular weight excluding hydrogens is 378 g/mol. The highest BCUT2D eigenvalue weighted by atomic mass is 79.9. The molecule has 0 saturated carbocycles. The Kier molecular flexibility index (Phi) is 4.08.